The molecule has 0 saturated carbocycles. The van der Waals surface area contributed by atoms with E-state index in [0.717, 1.165) is 31.0 Å². The Balaban J connectivity index is 0.00000108. The average Bonchev–Trinajstić information content (AvgIpc) is 2.81. The second-order valence-corrected chi connectivity index (χ2v) is 5.24. The van der Waals surface area contributed by atoms with Crippen LogP contribution in [-0.2, 0) is 0 Å². The summed E-state index contributed by atoms with van der Waals surface area (Å²) < 4.78 is 0. The quantitative estimate of drug-likeness (QED) is 0.802. The summed E-state index contributed by atoms with van der Waals surface area (Å²) in [5, 5.41) is 4.33. The summed E-state index contributed by atoms with van der Waals surface area (Å²) >= 11 is 11.8. The minimum absolute atomic E-state index is 0. The molecule has 17 heavy (non-hydrogen) atoms. The molecule has 0 amide bonds. The molecule has 1 aromatic rings. The lowest BCUT2D eigenvalue weighted by Crippen LogP contribution is -2.09. The van der Waals surface area contributed by atoms with Crippen molar-refractivity contribution in [2.75, 3.05) is 13.1 Å². The molecule has 0 radical (unpaired) electrons. The van der Waals surface area contributed by atoms with Gasteiger partial charge in [0.1, 0.15) is 5.15 Å². The van der Waals surface area contributed by atoms with Gasteiger partial charge in [-0.1, -0.05) is 29.3 Å². The molecular formula is C12H13Cl3N2. The average molecular weight is 292 g/mol. The van der Waals surface area contributed by atoms with Crippen LogP contribution in [0.5, 0.6) is 0 Å². The summed E-state index contributed by atoms with van der Waals surface area (Å²) in [5.41, 5.74) is 2.48. The summed E-state index contributed by atoms with van der Waals surface area (Å²) in [6.45, 7) is 2.22. The van der Waals surface area contributed by atoms with Crippen LogP contribution in [-0.4, -0.2) is 18.1 Å². The monoisotopic (exact) mass is 290 g/mol. The molecule has 1 aliphatic carbocycles. The number of halogens is 3. The Morgan fingerprint density at radius 1 is 1.29 bits per heavy atom. The van der Waals surface area contributed by atoms with E-state index in [1.54, 1.807) is 0 Å². The largest absolute Gasteiger partial charge is 0.316 e. The normalized spacial score (nSPS) is 26.4. The van der Waals surface area contributed by atoms with E-state index in [2.05, 4.69) is 16.4 Å². The Bertz CT molecular complexity index is 459. The third-order valence-corrected chi connectivity index (χ3v) is 4.14. The van der Waals surface area contributed by atoms with Crippen molar-refractivity contribution in [3.05, 3.63) is 34.1 Å². The van der Waals surface area contributed by atoms with Crippen LogP contribution in [0.15, 0.2) is 18.3 Å². The lowest BCUT2D eigenvalue weighted by molar-refractivity contribution is 0.536. The highest BCUT2D eigenvalue weighted by Gasteiger charge is 2.31. The second kappa shape index (κ2) is 5.15. The second-order valence-electron chi connectivity index (χ2n) is 4.47. The third kappa shape index (κ3) is 2.45. The first kappa shape index (κ1) is 13.2. The predicted molar refractivity (Wildman–Crippen MR) is 73.9 cm³/mol. The zero-order valence-corrected chi connectivity index (χ0v) is 11.4. The van der Waals surface area contributed by atoms with Crippen molar-refractivity contribution in [2.45, 2.75) is 6.42 Å². The minimum Gasteiger partial charge on any atom is -0.316 e. The van der Waals surface area contributed by atoms with Crippen LogP contribution in [0.2, 0.25) is 10.2 Å². The Kier molecular flexibility index (Phi) is 3.99. The summed E-state index contributed by atoms with van der Waals surface area (Å²) in [4.78, 5) is 4.09. The molecule has 0 spiro atoms. The lowest BCUT2D eigenvalue weighted by Gasteiger charge is -2.06. The highest BCUT2D eigenvalue weighted by atomic mass is 35.5. The van der Waals surface area contributed by atoms with Gasteiger partial charge in [-0.3, -0.25) is 0 Å². The summed E-state index contributed by atoms with van der Waals surface area (Å²) in [6, 6.07) is 1.91. The molecule has 1 saturated heterocycles. The number of hydrogen-bond donors (Lipinski definition) is 1. The molecule has 0 unspecified atom stereocenters. The van der Waals surface area contributed by atoms with Gasteiger partial charge in [0.05, 0.1) is 5.02 Å². The van der Waals surface area contributed by atoms with Crippen molar-refractivity contribution < 1.29 is 0 Å². The highest BCUT2D eigenvalue weighted by Crippen LogP contribution is 2.38. The van der Waals surface area contributed by atoms with E-state index in [4.69, 9.17) is 23.2 Å². The number of allylic oxidation sites excluding steroid dienone is 1. The van der Waals surface area contributed by atoms with Crippen LogP contribution in [0, 0.1) is 11.8 Å². The molecule has 1 N–H and O–H groups in total. The molecule has 2 aliphatic rings. The van der Waals surface area contributed by atoms with E-state index in [1.807, 2.05) is 12.3 Å². The molecule has 3 rings (SSSR count). The number of aromatic nitrogens is 1. The van der Waals surface area contributed by atoms with Crippen LogP contribution in [0.1, 0.15) is 12.0 Å². The Labute approximate surface area is 117 Å². The maximum atomic E-state index is 5.98. The van der Waals surface area contributed by atoms with Gasteiger partial charge < -0.3 is 5.32 Å². The van der Waals surface area contributed by atoms with E-state index >= 15 is 0 Å². The number of nitrogens with zero attached hydrogens (tertiary/aromatic N) is 1. The van der Waals surface area contributed by atoms with Gasteiger partial charge in [-0.2, -0.15) is 0 Å². The smallest absolute Gasteiger partial charge is 0.147 e. The number of nitrogens with one attached hydrogen (secondary N) is 1. The van der Waals surface area contributed by atoms with Gasteiger partial charge in [0, 0.05) is 12.7 Å². The van der Waals surface area contributed by atoms with E-state index in [9.17, 15) is 0 Å². The molecule has 2 heterocycles. The molecule has 0 bridgehead atoms. The van der Waals surface area contributed by atoms with Crippen LogP contribution in [0.25, 0.3) is 5.57 Å². The van der Waals surface area contributed by atoms with Gasteiger partial charge in [-0.25, -0.2) is 4.98 Å². The summed E-state index contributed by atoms with van der Waals surface area (Å²) in [6.07, 6.45) is 5.29. The van der Waals surface area contributed by atoms with Gasteiger partial charge in [0.2, 0.25) is 0 Å². The summed E-state index contributed by atoms with van der Waals surface area (Å²) in [5.74, 6) is 1.44. The van der Waals surface area contributed by atoms with Crippen molar-refractivity contribution in [1.82, 2.24) is 10.3 Å². The fourth-order valence-corrected chi connectivity index (χ4v) is 2.86. The van der Waals surface area contributed by atoms with E-state index in [-0.39, 0.29) is 12.4 Å². The van der Waals surface area contributed by atoms with Crippen LogP contribution < -0.4 is 5.32 Å². The Hall–Kier alpha value is -0.280. The third-order valence-electron chi connectivity index (χ3n) is 3.46. The van der Waals surface area contributed by atoms with Crippen LogP contribution in [0.4, 0.5) is 0 Å². The van der Waals surface area contributed by atoms with Gasteiger partial charge in [0.15, 0.2) is 0 Å². The van der Waals surface area contributed by atoms with E-state index in [1.165, 1.54) is 5.57 Å². The van der Waals surface area contributed by atoms with Gasteiger partial charge >= 0.3 is 0 Å². The maximum Gasteiger partial charge on any atom is 0.147 e. The first-order chi connectivity index (χ1) is 7.74. The highest BCUT2D eigenvalue weighted by molar-refractivity contribution is 6.41. The number of pyridine rings is 1. The molecule has 1 aliphatic heterocycles. The van der Waals surface area contributed by atoms with Gasteiger partial charge in [-0.05, 0) is 42.0 Å². The fraction of sp³-hybridized carbons (Fsp3) is 0.417. The van der Waals surface area contributed by atoms with Gasteiger partial charge in [0.25, 0.3) is 0 Å². The topological polar surface area (TPSA) is 24.9 Å². The van der Waals surface area contributed by atoms with Gasteiger partial charge in [-0.15, -0.1) is 12.4 Å². The first-order valence-electron chi connectivity index (χ1n) is 5.47. The first-order valence-corrected chi connectivity index (χ1v) is 6.22. The van der Waals surface area contributed by atoms with Crippen molar-refractivity contribution in [1.29, 1.82) is 0 Å². The molecule has 0 aromatic carbocycles. The van der Waals surface area contributed by atoms with E-state index in [0.29, 0.717) is 16.1 Å². The minimum atomic E-state index is 0. The Morgan fingerprint density at radius 2 is 2.12 bits per heavy atom. The molecule has 2 atom stereocenters. The molecule has 2 nitrogen and oxygen atoms in total. The zero-order chi connectivity index (χ0) is 11.1. The number of hydrogen-bond acceptors (Lipinski definition) is 2. The number of fused-ring (bicyclic) bond motifs is 1. The number of rotatable bonds is 1. The van der Waals surface area contributed by atoms with Crippen molar-refractivity contribution in [2.24, 2.45) is 11.8 Å². The van der Waals surface area contributed by atoms with Crippen LogP contribution in [0.3, 0.4) is 0 Å². The molecule has 92 valence electrons. The molecule has 1 fully saturated rings. The molecule has 5 heteroatoms. The van der Waals surface area contributed by atoms with Crippen LogP contribution >= 0.6 is 35.6 Å². The predicted octanol–water partition coefficient (Wildman–Crippen LogP) is 3.43. The molecule has 1 aromatic heterocycles. The zero-order valence-electron chi connectivity index (χ0n) is 9.12. The fourth-order valence-electron chi connectivity index (χ4n) is 2.59. The molecular weight excluding hydrogens is 279 g/mol. The summed E-state index contributed by atoms with van der Waals surface area (Å²) in [7, 11) is 0. The standard InChI is InChI=1S/C12H12Cl2N2.ClH/c13-11-3-10(6-16-12(11)14)7-1-8-4-15-5-9(8)2-7;/h1,3,6,8-9,15H,2,4-5H2;1H/t8-,9+;/m1./s1. The Morgan fingerprint density at radius 3 is 2.82 bits per heavy atom. The van der Waals surface area contributed by atoms with Crippen molar-refractivity contribution >= 4 is 41.2 Å². The SMILES string of the molecule is Cl.Clc1cc(C2=C[C@@H]3CNC[C@@H]3C2)cnc1Cl. The lowest BCUT2D eigenvalue weighted by atomic mass is 9.99. The van der Waals surface area contributed by atoms with Crippen molar-refractivity contribution in [3.63, 3.8) is 0 Å². The maximum absolute atomic E-state index is 5.98. The van der Waals surface area contributed by atoms with Crippen molar-refractivity contribution in [3.8, 4) is 0 Å². The van der Waals surface area contributed by atoms with E-state index < -0.39 is 0 Å².